The van der Waals surface area contributed by atoms with Gasteiger partial charge in [-0.3, -0.25) is 5.84 Å². The molecule has 0 saturated heterocycles. The average molecular weight is 98.5 g/mol. The lowest BCUT2D eigenvalue weighted by atomic mass is 13.0. The predicted molar refractivity (Wildman–Crippen MR) is 21.5 cm³/mol. The first kappa shape index (κ1) is 4.64. The van der Waals surface area contributed by atoms with Crippen LogP contribution >= 0.6 is 19.3 Å². The van der Waals surface area contributed by atoms with Gasteiger partial charge in [0.05, 0.1) is 8.08 Å². The monoisotopic (exact) mass is 98.0 g/mol. The van der Waals surface area contributed by atoms with E-state index in [0.29, 0.717) is 0 Å². The fourth-order valence-electron chi connectivity index (χ4n) is 0. The van der Waals surface area contributed by atoms with Crippen molar-refractivity contribution in [3.8, 4) is 0 Å². The molecule has 0 aliphatic carbocycles. The highest BCUT2D eigenvalue weighted by molar-refractivity contribution is 7.66. The molecule has 0 aliphatic rings. The molecular formula is H4ClN2P. The molecule has 0 aromatic carbocycles. The summed E-state index contributed by atoms with van der Waals surface area (Å²) in [6.07, 6.45) is 0. The normalized spacial score (nSPS) is 10.5. The van der Waals surface area contributed by atoms with E-state index < -0.39 is 0 Å². The van der Waals surface area contributed by atoms with Gasteiger partial charge in [-0.15, -0.1) is 0 Å². The van der Waals surface area contributed by atoms with E-state index in [1.54, 1.807) is 0 Å². The fourth-order valence-corrected chi connectivity index (χ4v) is 0. The minimum absolute atomic E-state index is 0.140. The molecule has 1 atom stereocenters. The zero-order valence-electron chi connectivity index (χ0n) is 1.96. The van der Waals surface area contributed by atoms with Crippen LogP contribution in [0.3, 0.4) is 0 Å². The molecule has 26 valence electrons. The van der Waals surface area contributed by atoms with Gasteiger partial charge in [0.2, 0.25) is 0 Å². The summed E-state index contributed by atoms with van der Waals surface area (Å²) in [5.74, 6) is 4.66. The first-order valence-electron chi connectivity index (χ1n) is 0.728. The quantitative estimate of drug-likeness (QED) is 0.279. The molecule has 0 amide bonds. The lowest BCUT2D eigenvalue weighted by Crippen LogP contribution is -2.06. The van der Waals surface area contributed by atoms with Crippen LogP contribution in [0.4, 0.5) is 0 Å². The topological polar surface area (TPSA) is 38.0 Å². The Balaban J connectivity index is 1.97. The molecule has 0 aromatic heterocycles. The summed E-state index contributed by atoms with van der Waals surface area (Å²) in [7, 11) is 0.140. The molecule has 0 fully saturated rings. The van der Waals surface area contributed by atoms with Gasteiger partial charge >= 0.3 is 0 Å². The van der Waals surface area contributed by atoms with Crippen LogP contribution < -0.4 is 11.0 Å². The maximum atomic E-state index is 4.98. The minimum atomic E-state index is 0.140. The summed E-state index contributed by atoms with van der Waals surface area (Å²) in [6, 6.07) is 0. The van der Waals surface area contributed by atoms with E-state index in [1.165, 1.54) is 0 Å². The van der Waals surface area contributed by atoms with Gasteiger partial charge in [0.1, 0.15) is 0 Å². The molecule has 0 radical (unpaired) electrons. The van der Waals surface area contributed by atoms with Crippen LogP contribution in [0.5, 0.6) is 0 Å². The Hall–Kier alpha value is 0.640. The molecule has 4 heavy (non-hydrogen) atoms. The van der Waals surface area contributed by atoms with Gasteiger partial charge in [0, 0.05) is 0 Å². The van der Waals surface area contributed by atoms with Crippen molar-refractivity contribution in [2.75, 3.05) is 0 Å². The molecule has 0 bridgehead atoms. The molecule has 0 saturated carbocycles. The van der Waals surface area contributed by atoms with Crippen molar-refractivity contribution in [1.82, 2.24) is 5.20 Å². The maximum Gasteiger partial charge on any atom is 0.0587 e. The number of rotatable bonds is 1. The highest BCUT2D eigenvalue weighted by Gasteiger charge is 1.52. The summed E-state index contributed by atoms with van der Waals surface area (Å²) in [5.41, 5.74) is 0. The molecule has 1 unspecified atom stereocenters. The van der Waals surface area contributed by atoms with E-state index in [-0.39, 0.29) is 8.08 Å². The van der Waals surface area contributed by atoms with Crippen molar-refractivity contribution in [3.63, 3.8) is 0 Å². The second-order valence-corrected chi connectivity index (χ2v) is 1.28. The summed E-state index contributed by atoms with van der Waals surface area (Å²) in [4.78, 5) is 0. The molecule has 0 aliphatic heterocycles. The van der Waals surface area contributed by atoms with E-state index >= 15 is 0 Å². The standard InChI is InChI=1S/ClH4N2P/c1-4-3-2/h3-4H,2H2. The highest BCUT2D eigenvalue weighted by atomic mass is 35.7. The van der Waals surface area contributed by atoms with Crippen LogP contribution in [0, 0.1) is 0 Å². The van der Waals surface area contributed by atoms with Crippen molar-refractivity contribution < 1.29 is 0 Å². The number of hydrogen-bond acceptors (Lipinski definition) is 2. The number of halogens is 1. The molecule has 3 N–H and O–H groups in total. The summed E-state index contributed by atoms with van der Waals surface area (Å²) in [6.45, 7) is 0. The smallest absolute Gasteiger partial charge is 0.0587 e. The SMILES string of the molecule is NNPCl. The second kappa shape index (κ2) is 3.64. The Labute approximate surface area is 31.3 Å². The van der Waals surface area contributed by atoms with Crippen LogP contribution in [0.1, 0.15) is 0 Å². The van der Waals surface area contributed by atoms with Gasteiger partial charge in [-0.25, -0.2) is 5.20 Å². The maximum absolute atomic E-state index is 4.98. The molecule has 4 heteroatoms. The van der Waals surface area contributed by atoms with Crippen LogP contribution in [-0.2, 0) is 0 Å². The Morgan fingerprint density at radius 2 is 2.25 bits per heavy atom. The number of nitrogens with one attached hydrogen (secondary N) is 1. The Morgan fingerprint density at radius 1 is 2.00 bits per heavy atom. The molecule has 0 aromatic rings. The summed E-state index contributed by atoms with van der Waals surface area (Å²) in [5, 5.41) is 2.22. The Morgan fingerprint density at radius 3 is 2.25 bits per heavy atom. The molecule has 2 nitrogen and oxygen atoms in total. The van der Waals surface area contributed by atoms with Crippen LogP contribution in [0.2, 0.25) is 0 Å². The van der Waals surface area contributed by atoms with Crippen molar-refractivity contribution in [3.05, 3.63) is 0 Å². The van der Waals surface area contributed by atoms with E-state index in [0.717, 1.165) is 0 Å². The van der Waals surface area contributed by atoms with E-state index in [9.17, 15) is 0 Å². The third kappa shape index (κ3) is 2.64. The van der Waals surface area contributed by atoms with E-state index in [4.69, 9.17) is 11.2 Å². The second-order valence-electron chi connectivity index (χ2n) is 0.239. The van der Waals surface area contributed by atoms with Gasteiger partial charge in [0.25, 0.3) is 0 Å². The molecule has 0 spiro atoms. The Kier molecular flexibility index (Phi) is 4.22. The first-order valence-corrected chi connectivity index (χ1v) is 2.74. The number of hydrogen-bond donors (Lipinski definition) is 2. The van der Waals surface area contributed by atoms with Gasteiger partial charge < -0.3 is 0 Å². The van der Waals surface area contributed by atoms with Crippen LogP contribution in [0.15, 0.2) is 0 Å². The van der Waals surface area contributed by atoms with Gasteiger partial charge in [-0.05, 0) is 0 Å². The first-order chi connectivity index (χ1) is 1.91. The molecular weight excluding hydrogens is 94.4 g/mol. The van der Waals surface area contributed by atoms with E-state index in [1.807, 2.05) is 0 Å². The molecule has 0 rings (SSSR count). The molecule has 0 heterocycles. The third-order valence-electron chi connectivity index (χ3n) is 0.0546. The van der Waals surface area contributed by atoms with Crippen molar-refractivity contribution in [1.29, 1.82) is 0 Å². The van der Waals surface area contributed by atoms with Gasteiger partial charge in [-0.2, -0.15) is 0 Å². The fraction of sp³-hybridized carbons (Fsp3) is 0. The van der Waals surface area contributed by atoms with Crippen LogP contribution in [0.25, 0.3) is 0 Å². The van der Waals surface area contributed by atoms with Crippen molar-refractivity contribution >= 4 is 19.3 Å². The number of hydrazine groups is 1. The summed E-state index contributed by atoms with van der Waals surface area (Å²) >= 11 is 4.98. The minimum Gasteiger partial charge on any atom is -0.267 e. The number of nitrogens with two attached hydrogens (primary N) is 1. The average Bonchev–Trinajstić information content (AvgIpc) is 1.37. The van der Waals surface area contributed by atoms with Crippen molar-refractivity contribution in [2.45, 2.75) is 0 Å². The summed E-state index contributed by atoms with van der Waals surface area (Å²) < 4.78 is 0. The van der Waals surface area contributed by atoms with E-state index in [2.05, 4.69) is 11.0 Å². The largest absolute Gasteiger partial charge is 0.267 e. The van der Waals surface area contributed by atoms with Gasteiger partial charge in [-0.1, -0.05) is 11.2 Å². The lowest BCUT2D eigenvalue weighted by molar-refractivity contribution is 1.12. The zero-order valence-corrected chi connectivity index (χ0v) is 3.71. The van der Waals surface area contributed by atoms with Crippen LogP contribution in [-0.4, -0.2) is 0 Å². The zero-order chi connectivity index (χ0) is 3.41. The van der Waals surface area contributed by atoms with Gasteiger partial charge in [0.15, 0.2) is 0 Å². The lowest BCUT2D eigenvalue weighted by Gasteiger charge is -1.74. The Bertz CT molecular complexity index is 8.00. The van der Waals surface area contributed by atoms with Crippen molar-refractivity contribution in [2.24, 2.45) is 5.84 Å². The highest BCUT2D eigenvalue weighted by Crippen LogP contribution is 2.03. The third-order valence-corrected chi connectivity index (χ3v) is 0.491. The predicted octanol–water partition coefficient (Wildman–Crippen LogP) is 0.197.